The lowest BCUT2D eigenvalue weighted by Gasteiger charge is -2.28. The van der Waals surface area contributed by atoms with E-state index >= 15 is 0 Å². The normalized spacial score (nSPS) is 13.3. The third-order valence-corrected chi connectivity index (χ3v) is 3.40. The molecule has 0 aliphatic carbocycles. The fraction of sp³-hybridized carbons (Fsp3) is 0.600. The van der Waals surface area contributed by atoms with Gasteiger partial charge in [-0.05, 0) is 50.0 Å². The zero-order valence-corrected chi connectivity index (χ0v) is 11.9. The minimum absolute atomic E-state index is 0.0962. The highest BCUT2D eigenvalue weighted by Crippen LogP contribution is 2.21. The van der Waals surface area contributed by atoms with E-state index in [1.54, 1.807) is 13.0 Å². The van der Waals surface area contributed by atoms with Gasteiger partial charge in [-0.25, -0.2) is 4.39 Å². The fourth-order valence-electron chi connectivity index (χ4n) is 2.00. The smallest absolute Gasteiger partial charge is 0.126 e. The molecule has 0 aliphatic rings. The number of nitrogens with zero attached hydrogens (tertiary/aromatic N) is 1. The van der Waals surface area contributed by atoms with Gasteiger partial charge in [0.05, 0.1) is 0 Å². The van der Waals surface area contributed by atoms with Crippen molar-refractivity contribution >= 4 is 0 Å². The summed E-state index contributed by atoms with van der Waals surface area (Å²) in [6, 6.07) is 5.50. The SMILES string of the molecule is Cc1ccc(C(CN)N(C)CCC(C)C)cc1F. The average molecular weight is 252 g/mol. The number of nitrogens with two attached hydrogens (primary N) is 1. The lowest BCUT2D eigenvalue weighted by atomic mass is 10.0. The van der Waals surface area contributed by atoms with Crippen molar-refractivity contribution in [3.63, 3.8) is 0 Å². The molecule has 1 aromatic carbocycles. The van der Waals surface area contributed by atoms with Crippen molar-refractivity contribution in [1.29, 1.82) is 0 Å². The third kappa shape index (κ3) is 4.07. The Labute approximate surface area is 110 Å². The highest BCUT2D eigenvalue weighted by Gasteiger charge is 2.16. The quantitative estimate of drug-likeness (QED) is 0.843. The van der Waals surface area contributed by atoms with Gasteiger partial charge in [-0.3, -0.25) is 4.90 Å². The summed E-state index contributed by atoms with van der Waals surface area (Å²) in [7, 11) is 2.05. The summed E-state index contributed by atoms with van der Waals surface area (Å²) in [5.41, 5.74) is 7.48. The van der Waals surface area contributed by atoms with Crippen LogP contribution < -0.4 is 5.73 Å². The maximum atomic E-state index is 13.6. The number of halogens is 1. The number of aryl methyl sites for hydroxylation is 1. The van der Waals surface area contributed by atoms with Gasteiger partial charge in [0.25, 0.3) is 0 Å². The summed E-state index contributed by atoms with van der Waals surface area (Å²) in [5, 5.41) is 0. The molecule has 2 nitrogen and oxygen atoms in total. The van der Waals surface area contributed by atoms with Crippen molar-refractivity contribution in [3.8, 4) is 0 Å². The number of rotatable bonds is 6. The molecule has 3 heteroatoms. The van der Waals surface area contributed by atoms with Crippen LogP contribution in [-0.2, 0) is 0 Å². The molecule has 0 amide bonds. The van der Waals surface area contributed by atoms with Crippen LogP contribution in [0.2, 0.25) is 0 Å². The molecule has 102 valence electrons. The summed E-state index contributed by atoms with van der Waals surface area (Å²) in [5.74, 6) is 0.517. The lowest BCUT2D eigenvalue weighted by Crippen LogP contribution is -2.32. The highest BCUT2D eigenvalue weighted by atomic mass is 19.1. The van der Waals surface area contributed by atoms with Crippen LogP contribution in [0, 0.1) is 18.7 Å². The van der Waals surface area contributed by atoms with Gasteiger partial charge < -0.3 is 5.73 Å². The molecule has 0 radical (unpaired) electrons. The molecule has 0 heterocycles. The standard InChI is InChI=1S/C15H25FN2/c1-11(2)7-8-18(4)15(10-17)13-6-5-12(3)14(16)9-13/h5-6,9,11,15H,7-8,10,17H2,1-4H3. The molecule has 0 fully saturated rings. The molecule has 0 bridgehead atoms. The zero-order chi connectivity index (χ0) is 13.7. The van der Waals surface area contributed by atoms with Gasteiger partial charge in [-0.1, -0.05) is 26.0 Å². The van der Waals surface area contributed by atoms with E-state index < -0.39 is 0 Å². The van der Waals surface area contributed by atoms with Gasteiger partial charge in [0.1, 0.15) is 5.82 Å². The summed E-state index contributed by atoms with van der Waals surface area (Å²) in [6.45, 7) is 7.68. The van der Waals surface area contributed by atoms with E-state index in [4.69, 9.17) is 5.73 Å². The Morgan fingerprint density at radius 2 is 2.00 bits per heavy atom. The van der Waals surface area contributed by atoms with Crippen molar-refractivity contribution in [2.24, 2.45) is 11.7 Å². The van der Waals surface area contributed by atoms with Crippen molar-refractivity contribution in [2.45, 2.75) is 33.2 Å². The topological polar surface area (TPSA) is 29.3 Å². The molecule has 2 N–H and O–H groups in total. The maximum absolute atomic E-state index is 13.6. The first-order valence-electron chi connectivity index (χ1n) is 6.62. The van der Waals surface area contributed by atoms with E-state index in [0.717, 1.165) is 18.5 Å². The highest BCUT2D eigenvalue weighted by molar-refractivity contribution is 5.26. The second-order valence-corrected chi connectivity index (χ2v) is 5.42. The Hall–Kier alpha value is -0.930. The molecule has 1 aromatic rings. The van der Waals surface area contributed by atoms with Crippen LogP contribution in [0.3, 0.4) is 0 Å². The molecular weight excluding hydrogens is 227 g/mol. The van der Waals surface area contributed by atoms with Gasteiger partial charge in [0.15, 0.2) is 0 Å². The third-order valence-electron chi connectivity index (χ3n) is 3.40. The molecule has 0 aliphatic heterocycles. The van der Waals surface area contributed by atoms with Gasteiger partial charge in [-0.2, -0.15) is 0 Å². The summed E-state index contributed by atoms with van der Waals surface area (Å²) >= 11 is 0. The predicted molar refractivity (Wildman–Crippen MR) is 75.0 cm³/mol. The average Bonchev–Trinajstić information content (AvgIpc) is 2.32. The van der Waals surface area contributed by atoms with Crippen LogP contribution in [0.4, 0.5) is 4.39 Å². The molecule has 0 saturated heterocycles. The molecule has 0 aromatic heterocycles. The monoisotopic (exact) mass is 252 g/mol. The van der Waals surface area contributed by atoms with Crippen molar-refractivity contribution in [3.05, 3.63) is 35.1 Å². The molecule has 1 atom stereocenters. The van der Waals surface area contributed by atoms with Gasteiger partial charge in [0.2, 0.25) is 0 Å². The minimum Gasteiger partial charge on any atom is -0.329 e. The second-order valence-electron chi connectivity index (χ2n) is 5.42. The number of benzene rings is 1. The van der Waals surface area contributed by atoms with Crippen LogP contribution >= 0.6 is 0 Å². The van der Waals surface area contributed by atoms with E-state index in [1.165, 1.54) is 0 Å². The molecule has 1 unspecified atom stereocenters. The Morgan fingerprint density at radius 3 is 2.50 bits per heavy atom. The second kappa shape index (κ2) is 6.86. The van der Waals surface area contributed by atoms with Crippen molar-refractivity contribution < 1.29 is 4.39 Å². The maximum Gasteiger partial charge on any atom is 0.126 e. The first-order valence-corrected chi connectivity index (χ1v) is 6.62. The van der Waals surface area contributed by atoms with Crippen LogP contribution in [0.25, 0.3) is 0 Å². The Morgan fingerprint density at radius 1 is 1.33 bits per heavy atom. The predicted octanol–water partition coefficient (Wildman–Crippen LogP) is 3.11. The van der Waals surface area contributed by atoms with Gasteiger partial charge >= 0.3 is 0 Å². The molecular formula is C15H25FN2. The number of hydrogen-bond donors (Lipinski definition) is 1. The molecule has 1 rings (SSSR count). The van der Waals surface area contributed by atoms with E-state index in [-0.39, 0.29) is 11.9 Å². The Kier molecular flexibility index (Phi) is 5.76. The van der Waals surface area contributed by atoms with Crippen molar-refractivity contribution in [1.82, 2.24) is 4.90 Å². The zero-order valence-electron chi connectivity index (χ0n) is 11.9. The van der Waals surface area contributed by atoms with Gasteiger partial charge in [-0.15, -0.1) is 0 Å². The van der Waals surface area contributed by atoms with Crippen LogP contribution in [0.1, 0.15) is 37.4 Å². The van der Waals surface area contributed by atoms with E-state index in [2.05, 4.69) is 25.8 Å². The molecule has 0 saturated carbocycles. The first-order chi connectivity index (χ1) is 8.45. The van der Waals surface area contributed by atoms with Crippen molar-refractivity contribution in [2.75, 3.05) is 20.1 Å². The fourth-order valence-corrected chi connectivity index (χ4v) is 2.00. The Balaban J connectivity index is 2.78. The van der Waals surface area contributed by atoms with Crippen LogP contribution in [0.5, 0.6) is 0 Å². The number of likely N-dealkylation sites (N-methyl/N-ethyl adjacent to an activating group) is 1. The summed E-state index contributed by atoms with van der Waals surface area (Å²) in [6.07, 6.45) is 1.13. The molecule has 18 heavy (non-hydrogen) atoms. The first kappa shape index (κ1) is 15.1. The van der Waals surface area contributed by atoms with E-state index in [0.29, 0.717) is 18.0 Å². The summed E-state index contributed by atoms with van der Waals surface area (Å²) in [4.78, 5) is 2.21. The van der Waals surface area contributed by atoms with Crippen LogP contribution in [-0.4, -0.2) is 25.0 Å². The summed E-state index contributed by atoms with van der Waals surface area (Å²) < 4.78 is 13.6. The van der Waals surface area contributed by atoms with Gasteiger partial charge in [0, 0.05) is 12.6 Å². The number of hydrogen-bond acceptors (Lipinski definition) is 2. The Bertz CT molecular complexity index is 377. The van der Waals surface area contributed by atoms with Crippen LogP contribution in [0.15, 0.2) is 18.2 Å². The minimum atomic E-state index is -0.150. The largest absolute Gasteiger partial charge is 0.329 e. The molecule has 0 spiro atoms. The lowest BCUT2D eigenvalue weighted by molar-refractivity contribution is 0.236. The van der Waals surface area contributed by atoms with E-state index in [9.17, 15) is 4.39 Å². The van der Waals surface area contributed by atoms with E-state index in [1.807, 2.05) is 12.1 Å².